The molecule has 0 saturated heterocycles. The molecular formula is C2HBNO2. The summed E-state index contributed by atoms with van der Waals surface area (Å²) in [5, 5.41) is 15.2. The first kappa shape index (κ1) is 5.02. The van der Waals surface area contributed by atoms with Gasteiger partial charge in [0.2, 0.25) is 0 Å². The molecule has 0 aliphatic heterocycles. The molecule has 0 bridgehead atoms. The van der Waals surface area contributed by atoms with Gasteiger partial charge in [-0.2, -0.15) is 0 Å². The van der Waals surface area contributed by atoms with E-state index in [1.165, 1.54) is 5.97 Å². The molecule has 29 valence electrons. The van der Waals surface area contributed by atoms with Gasteiger partial charge in [0.1, 0.15) is 0 Å². The lowest BCUT2D eigenvalue weighted by molar-refractivity contribution is 0.220. The maximum atomic E-state index is 9.32. The van der Waals surface area contributed by atoms with Crippen LogP contribution < -0.4 is 0 Å². The van der Waals surface area contributed by atoms with E-state index in [1.54, 1.807) is 0 Å². The second-order valence-electron chi connectivity index (χ2n) is 0.612. The Morgan fingerprint density at radius 3 is 2.50 bits per heavy atom. The third kappa shape index (κ3) is 3.02. The first-order valence-electron chi connectivity index (χ1n) is 1.23. The van der Waals surface area contributed by atoms with Crippen molar-refractivity contribution in [3.05, 3.63) is 0 Å². The van der Waals surface area contributed by atoms with Crippen molar-refractivity contribution in [3.63, 3.8) is 0 Å². The number of rotatable bonds is 1. The number of nitrogens with zero attached hydrogens (tertiary/aromatic N) is 1. The van der Waals surface area contributed by atoms with Crippen LogP contribution in [0, 0.1) is 11.2 Å². The molecule has 0 aromatic rings. The van der Waals surface area contributed by atoms with Crippen molar-refractivity contribution in [2.24, 2.45) is 0 Å². The minimum absolute atomic E-state index is 0.514. The van der Waals surface area contributed by atoms with Gasteiger partial charge in [0.15, 0.2) is 0 Å². The van der Waals surface area contributed by atoms with Crippen LogP contribution in [0.25, 0.3) is 0 Å². The average Bonchev–Trinajstić information content (AvgIpc) is 1.35. The van der Waals surface area contributed by atoms with Crippen LogP contribution in [0.4, 0.5) is 4.79 Å². The molecule has 0 atom stereocenters. The van der Waals surface area contributed by atoms with Crippen molar-refractivity contribution < 1.29 is 9.90 Å². The average molecular weight is 81.8 g/mol. The minimum atomic E-state index is -1.20. The van der Waals surface area contributed by atoms with Gasteiger partial charge in [-0.1, -0.05) is 0 Å². The summed E-state index contributed by atoms with van der Waals surface area (Å²) in [6, 6.07) is 0. The van der Waals surface area contributed by atoms with Crippen LogP contribution in [0.2, 0.25) is 0 Å². The molecular weight excluding hydrogens is 80.8 g/mol. The lowest BCUT2D eigenvalue weighted by atomic mass is 9.82. The van der Waals surface area contributed by atoms with Crippen LogP contribution in [0.15, 0.2) is 0 Å². The molecule has 4 heteroatoms. The summed E-state index contributed by atoms with van der Waals surface area (Å²) in [6.07, 6.45) is 0. The van der Waals surface area contributed by atoms with Gasteiger partial charge in [0.05, 0.1) is 0 Å². The fraction of sp³-hybridized carbons (Fsp3) is 0. The Bertz CT molecular complexity index is 94.2. The van der Waals surface area contributed by atoms with Crippen molar-refractivity contribution in [1.82, 2.24) is 0 Å². The summed E-state index contributed by atoms with van der Waals surface area (Å²) >= 11 is 0. The zero-order chi connectivity index (χ0) is 4.99. The molecule has 0 heterocycles. The highest BCUT2D eigenvalue weighted by Gasteiger charge is 1.94. The van der Waals surface area contributed by atoms with Gasteiger partial charge in [-0.3, -0.25) is 4.79 Å². The monoisotopic (exact) mass is 82.0 g/mol. The highest BCUT2D eigenvalue weighted by atomic mass is 16.4. The maximum Gasteiger partial charge on any atom is 0.397 e. The van der Waals surface area contributed by atoms with Gasteiger partial charge < -0.3 is 5.11 Å². The Morgan fingerprint density at radius 2 is 2.50 bits per heavy atom. The summed E-state index contributed by atoms with van der Waals surface area (Å²) in [7, 11) is 0.514. The fourth-order valence-corrected chi connectivity index (χ4v) is 0.0552. The molecule has 0 saturated carbocycles. The van der Waals surface area contributed by atoms with E-state index in [2.05, 4.69) is 0 Å². The predicted octanol–water partition coefficient (Wildman–Crippen LogP) is -0.150. The highest BCUT2D eigenvalue weighted by Crippen LogP contribution is 1.56. The minimum Gasteiger partial charge on any atom is -0.489 e. The van der Waals surface area contributed by atoms with Gasteiger partial charge in [0, 0.05) is 5.97 Å². The third-order valence-corrected chi connectivity index (χ3v) is 0.188. The van der Waals surface area contributed by atoms with E-state index in [-0.39, 0.29) is 0 Å². The van der Waals surface area contributed by atoms with Gasteiger partial charge in [-0.25, -0.2) is 5.26 Å². The zero-order valence-electron chi connectivity index (χ0n) is 2.88. The Labute approximate surface area is 35.4 Å². The zero-order valence-corrected chi connectivity index (χ0v) is 2.88. The van der Waals surface area contributed by atoms with Crippen LogP contribution in [0.3, 0.4) is 0 Å². The van der Waals surface area contributed by atoms with Crippen LogP contribution >= 0.6 is 0 Å². The van der Waals surface area contributed by atoms with Crippen molar-refractivity contribution in [2.45, 2.75) is 0 Å². The SMILES string of the molecule is N#C[B]C(=O)O. The Hall–Kier alpha value is -0.975. The fourth-order valence-electron chi connectivity index (χ4n) is 0.0552. The predicted molar refractivity (Wildman–Crippen MR) is 19.4 cm³/mol. The number of hydrogen-bond donors (Lipinski definition) is 1. The Kier molecular flexibility index (Phi) is 1.90. The van der Waals surface area contributed by atoms with Gasteiger partial charge in [-0.15, -0.1) is 0 Å². The first-order valence-corrected chi connectivity index (χ1v) is 1.23. The quantitative estimate of drug-likeness (QED) is 0.447. The summed E-state index contributed by atoms with van der Waals surface area (Å²) in [6.45, 7) is 0. The standard InChI is InChI=1S/C2HBNO2/c4-1-3-2(5)6/h(H,5,6). The molecule has 0 aliphatic carbocycles. The second kappa shape index (κ2) is 2.27. The lowest BCUT2D eigenvalue weighted by Gasteiger charge is -1.67. The van der Waals surface area contributed by atoms with Crippen LogP contribution in [0.1, 0.15) is 0 Å². The maximum absolute atomic E-state index is 9.32. The van der Waals surface area contributed by atoms with Gasteiger partial charge in [0.25, 0.3) is 5.87 Å². The van der Waals surface area contributed by atoms with E-state index >= 15 is 0 Å². The van der Waals surface area contributed by atoms with Crippen molar-refractivity contribution in [2.75, 3.05) is 0 Å². The topological polar surface area (TPSA) is 61.1 Å². The van der Waals surface area contributed by atoms with Crippen molar-refractivity contribution >= 4 is 13.1 Å². The van der Waals surface area contributed by atoms with E-state index < -0.39 is 5.87 Å². The molecule has 0 amide bonds. The van der Waals surface area contributed by atoms with Gasteiger partial charge >= 0.3 is 7.28 Å². The highest BCUT2D eigenvalue weighted by molar-refractivity contribution is 6.77. The molecule has 1 N–H and O–H groups in total. The van der Waals surface area contributed by atoms with E-state index in [1.807, 2.05) is 0 Å². The molecule has 0 fully saturated rings. The molecule has 0 rings (SSSR count). The third-order valence-electron chi connectivity index (χ3n) is 0.188. The smallest absolute Gasteiger partial charge is 0.397 e. The first-order chi connectivity index (χ1) is 2.77. The van der Waals surface area contributed by atoms with E-state index in [4.69, 9.17) is 10.4 Å². The molecule has 0 aromatic heterocycles. The van der Waals surface area contributed by atoms with E-state index in [9.17, 15) is 4.79 Å². The van der Waals surface area contributed by atoms with E-state index in [0.717, 1.165) is 0 Å². The summed E-state index contributed by atoms with van der Waals surface area (Å²) in [5.41, 5.74) is 0. The molecule has 0 spiro atoms. The van der Waals surface area contributed by atoms with Gasteiger partial charge in [-0.05, 0) is 0 Å². The Morgan fingerprint density at radius 1 is 2.00 bits per heavy atom. The van der Waals surface area contributed by atoms with Crippen molar-refractivity contribution in [1.29, 1.82) is 5.26 Å². The normalized spacial score (nSPS) is 5.83. The molecule has 1 radical (unpaired) electrons. The number of nitriles is 1. The summed E-state index contributed by atoms with van der Waals surface area (Å²) in [5.74, 6) is 0.146. The summed E-state index contributed by atoms with van der Waals surface area (Å²) in [4.78, 5) is 9.32. The van der Waals surface area contributed by atoms with Crippen LogP contribution in [-0.2, 0) is 0 Å². The number of carbonyl (C=O) groups is 1. The number of carboxylic acid groups (broad SMARTS) is 1. The Balaban J connectivity index is 3.13. The lowest BCUT2D eigenvalue weighted by Crippen LogP contribution is -2.00. The summed E-state index contributed by atoms with van der Waals surface area (Å²) < 4.78 is 0. The molecule has 3 nitrogen and oxygen atoms in total. The molecule has 0 aliphatic rings. The molecule has 0 aromatic carbocycles. The van der Waals surface area contributed by atoms with Crippen LogP contribution in [0.5, 0.6) is 0 Å². The largest absolute Gasteiger partial charge is 0.489 e. The van der Waals surface area contributed by atoms with Crippen molar-refractivity contribution in [3.8, 4) is 5.97 Å². The number of hydrogen-bond acceptors (Lipinski definition) is 2. The second-order valence-corrected chi connectivity index (χ2v) is 0.612. The molecule has 0 unspecified atom stereocenters. The van der Waals surface area contributed by atoms with E-state index in [0.29, 0.717) is 7.28 Å². The van der Waals surface area contributed by atoms with Crippen LogP contribution in [-0.4, -0.2) is 18.3 Å². The molecule has 6 heavy (non-hydrogen) atoms.